The van der Waals surface area contributed by atoms with E-state index >= 15 is 0 Å². The third-order valence-corrected chi connectivity index (χ3v) is 4.61. The maximum atomic E-state index is 12.4. The molecule has 25 heavy (non-hydrogen) atoms. The quantitative estimate of drug-likeness (QED) is 0.799. The molecule has 0 bridgehead atoms. The van der Waals surface area contributed by atoms with Gasteiger partial charge >= 0.3 is 0 Å². The second kappa shape index (κ2) is 6.89. The molecule has 1 aromatic carbocycles. The molecule has 1 amide bonds. The SMILES string of the molecule is O=C(NCc1ccc(-n2cccn2)nc1)c1ccc2c(c1)CCCC2. The Balaban J connectivity index is 1.40. The van der Waals surface area contributed by atoms with Gasteiger partial charge in [-0.1, -0.05) is 12.1 Å². The van der Waals surface area contributed by atoms with Crippen molar-refractivity contribution in [2.24, 2.45) is 0 Å². The van der Waals surface area contributed by atoms with E-state index in [0.29, 0.717) is 6.54 Å². The number of carbonyl (C=O) groups is 1. The number of nitrogens with zero attached hydrogens (tertiary/aromatic N) is 3. The number of aromatic nitrogens is 3. The van der Waals surface area contributed by atoms with Crippen LogP contribution in [0.5, 0.6) is 0 Å². The van der Waals surface area contributed by atoms with Gasteiger partial charge in [0.1, 0.15) is 0 Å². The second-order valence-corrected chi connectivity index (χ2v) is 6.35. The lowest BCUT2D eigenvalue weighted by atomic mass is 9.90. The standard InChI is InChI=1S/C20H20N4O/c25-20(18-8-7-16-4-1-2-5-17(16)12-18)22-14-15-6-9-19(21-13-15)24-11-3-10-23-24/h3,6-13H,1-2,4-5,14H2,(H,22,25). The third kappa shape index (κ3) is 3.45. The summed E-state index contributed by atoms with van der Waals surface area (Å²) >= 11 is 0. The molecule has 5 heteroatoms. The predicted molar refractivity (Wildman–Crippen MR) is 95.6 cm³/mol. The molecule has 0 saturated carbocycles. The van der Waals surface area contributed by atoms with Crippen LogP contribution >= 0.6 is 0 Å². The lowest BCUT2D eigenvalue weighted by molar-refractivity contribution is 0.0950. The fourth-order valence-electron chi connectivity index (χ4n) is 3.22. The number of carbonyl (C=O) groups excluding carboxylic acids is 1. The highest BCUT2D eigenvalue weighted by Gasteiger charge is 2.12. The van der Waals surface area contributed by atoms with Crippen LogP contribution in [0.4, 0.5) is 0 Å². The Morgan fingerprint density at radius 3 is 2.76 bits per heavy atom. The Morgan fingerprint density at radius 2 is 2.00 bits per heavy atom. The van der Waals surface area contributed by atoms with Crippen LogP contribution < -0.4 is 5.32 Å². The van der Waals surface area contributed by atoms with E-state index in [4.69, 9.17) is 0 Å². The maximum absolute atomic E-state index is 12.4. The van der Waals surface area contributed by atoms with Crippen LogP contribution in [0, 0.1) is 0 Å². The molecule has 0 unspecified atom stereocenters. The van der Waals surface area contributed by atoms with Crippen LogP contribution in [0.1, 0.15) is 39.9 Å². The molecule has 0 radical (unpaired) electrons. The summed E-state index contributed by atoms with van der Waals surface area (Å²) in [5.41, 5.74) is 4.41. The number of fused-ring (bicyclic) bond motifs is 1. The first kappa shape index (κ1) is 15.6. The lowest BCUT2D eigenvalue weighted by Crippen LogP contribution is -2.23. The van der Waals surface area contributed by atoms with E-state index in [9.17, 15) is 4.79 Å². The van der Waals surface area contributed by atoms with Crippen molar-refractivity contribution >= 4 is 5.91 Å². The zero-order valence-corrected chi connectivity index (χ0v) is 14.0. The lowest BCUT2D eigenvalue weighted by Gasteiger charge is -2.16. The van der Waals surface area contributed by atoms with Crippen molar-refractivity contribution in [2.45, 2.75) is 32.2 Å². The smallest absolute Gasteiger partial charge is 0.251 e. The number of hydrogen-bond acceptors (Lipinski definition) is 3. The Kier molecular flexibility index (Phi) is 4.29. The average molecular weight is 332 g/mol. The van der Waals surface area contributed by atoms with Crippen LogP contribution in [0.3, 0.4) is 0 Å². The highest BCUT2D eigenvalue weighted by atomic mass is 16.1. The van der Waals surface area contributed by atoms with Crippen LogP contribution in [-0.2, 0) is 19.4 Å². The normalized spacial score (nSPS) is 13.3. The van der Waals surface area contributed by atoms with E-state index in [2.05, 4.69) is 21.5 Å². The van der Waals surface area contributed by atoms with E-state index in [1.165, 1.54) is 24.0 Å². The molecule has 1 N–H and O–H groups in total. The molecule has 0 fully saturated rings. The molecule has 1 aliphatic carbocycles. The van der Waals surface area contributed by atoms with Crippen molar-refractivity contribution in [1.82, 2.24) is 20.1 Å². The Labute approximate surface area is 146 Å². The average Bonchev–Trinajstić information content (AvgIpc) is 3.21. The minimum absolute atomic E-state index is 0.0375. The topological polar surface area (TPSA) is 59.8 Å². The fraction of sp³-hybridized carbons (Fsp3) is 0.250. The van der Waals surface area contributed by atoms with Crippen molar-refractivity contribution < 1.29 is 4.79 Å². The van der Waals surface area contributed by atoms with E-state index in [0.717, 1.165) is 29.8 Å². The number of amides is 1. The first-order valence-corrected chi connectivity index (χ1v) is 8.64. The molecule has 0 atom stereocenters. The molecule has 0 aliphatic heterocycles. The number of hydrogen-bond donors (Lipinski definition) is 1. The molecular weight excluding hydrogens is 312 g/mol. The molecule has 2 aromatic heterocycles. The van der Waals surface area contributed by atoms with Crippen molar-refractivity contribution in [3.63, 3.8) is 0 Å². The Hall–Kier alpha value is -2.95. The molecule has 2 heterocycles. The van der Waals surface area contributed by atoms with Gasteiger partial charge in [0.15, 0.2) is 5.82 Å². The van der Waals surface area contributed by atoms with Crippen LogP contribution in [0.25, 0.3) is 5.82 Å². The van der Waals surface area contributed by atoms with Gasteiger partial charge < -0.3 is 5.32 Å². The first-order valence-electron chi connectivity index (χ1n) is 8.64. The molecule has 0 saturated heterocycles. The van der Waals surface area contributed by atoms with Gasteiger partial charge in [-0.05, 0) is 66.6 Å². The summed E-state index contributed by atoms with van der Waals surface area (Å²) in [5.74, 6) is 0.722. The zero-order chi connectivity index (χ0) is 17.1. The molecule has 4 rings (SSSR count). The molecule has 1 aliphatic rings. The highest BCUT2D eigenvalue weighted by Crippen LogP contribution is 2.22. The van der Waals surface area contributed by atoms with E-state index < -0.39 is 0 Å². The van der Waals surface area contributed by atoms with Gasteiger partial charge in [-0.2, -0.15) is 5.10 Å². The minimum atomic E-state index is -0.0375. The highest BCUT2D eigenvalue weighted by molar-refractivity contribution is 5.94. The first-order chi connectivity index (χ1) is 12.3. The number of aryl methyl sites for hydroxylation is 2. The summed E-state index contributed by atoms with van der Waals surface area (Å²) in [5, 5.41) is 7.12. The van der Waals surface area contributed by atoms with Gasteiger partial charge in [0, 0.05) is 30.7 Å². The Bertz CT molecular complexity index is 869. The molecule has 5 nitrogen and oxygen atoms in total. The summed E-state index contributed by atoms with van der Waals surface area (Å²) in [4.78, 5) is 16.8. The summed E-state index contributed by atoms with van der Waals surface area (Å²) in [6, 6.07) is 11.8. The molecule has 3 aromatic rings. The number of nitrogens with one attached hydrogen (secondary N) is 1. The van der Waals surface area contributed by atoms with E-state index in [-0.39, 0.29) is 5.91 Å². The van der Waals surface area contributed by atoms with Gasteiger partial charge in [-0.15, -0.1) is 0 Å². The van der Waals surface area contributed by atoms with Crippen molar-refractivity contribution in [1.29, 1.82) is 0 Å². The summed E-state index contributed by atoms with van der Waals surface area (Å²) in [6.45, 7) is 0.461. The molecule has 126 valence electrons. The fourth-order valence-corrected chi connectivity index (χ4v) is 3.22. The number of benzene rings is 1. The molecule has 0 spiro atoms. The predicted octanol–water partition coefficient (Wildman–Crippen LogP) is 3.08. The molecular formula is C20H20N4O. The Morgan fingerprint density at radius 1 is 1.12 bits per heavy atom. The van der Waals surface area contributed by atoms with Gasteiger partial charge in [0.2, 0.25) is 0 Å². The maximum Gasteiger partial charge on any atom is 0.251 e. The summed E-state index contributed by atoms with van der Waals surface area (Å²) in [6.07, 6.45) is 10.0. The van der Waals surface area contributed by atoms with Crippen molar-refractivity contribution in [2.75, 3.05) is 0 Å². The van der Waals surface area contributed by atoms with Gasteiger partial charge in [-0.25, -0.2) is 9.67 Å². The minimum Gasteiger partial charge on any atom is -0.348 e. The van der Waals surface area contributed by atoms with Gasteiger partial charge in [-0.3, -0.25) is 4.79 Å². The van der Waals surface area contributed by atoms with Crippen LogP contribution in [0.15, 0.2) is 55.0 Å². The monoisotopic (exact) mass is 332 g/mol. The van der Waals surface area contributed by atoms with E-state index in [1.54, 1.807) is 17.1 Å². The van der Waals surface area contributed by atoms with Crippen LogP contribution in [0.2, 0.25) is 0 Å². The van der Waals surface area contributed by atoms with Crippen molar-refractivity contribution in [3.05, 3.63) is 77.2 Å². The van der Waals surface area contributed by atoms with Crippen LogP contribution in [-0.4, -0.2) is 20.7 Å². The van der Waals surface area contributed by atoms with Crippen molar-refractivity contribution in [3.8, 4) is 5.82 Å². The van der Waals surface area contributed by atoms with E-state index in [1.807, 2.05) is 36.5 Å². The second-order valence-electron chi connectivity index (χ2n) is 6.35. The third-order valence-electron chi connectivity index (χ3n) is 4.61. The largest absolute Gasteiger partial charge is 0.348 e. The number of rotatable bonds is 4. The zero-order valence-electron chi connectivity index (χ0n) is 14.0. The summed E-state index contributed by atoms with van der Waals surface area (Å²) < 4.78 is 1.70. The number of pyridine rings is 1. The van der Waals surface area contributed by atoms with Gasteiger partial charge in [0.25, 0.3) is 5.91 Å². The summed E-state index contributed by atoms with van der Waals surface area (Å²) in [7, 11) is 0. The van der Waals surface area contributed by atoms with Gasteiger partial charge in [0.05, 0.1) is 0 Å².